The molecule has 0 unspecified atom stereocenters. The van der Waals surface area contributed by atoms with Crippen LogP contribution in [-0.2, 0) is 16.4 Å². The van der Waals surface area contributed by atoms with Gasteiger partial charge in [-0.15, -0.1) is 24.0 Å². The molecule has 0 aliphatic carbocycles. The zero-order chi connectivity index (χ0) is 15.0. The molecular formula is C13H21ClIN3O2S. The predicted molar refractivity (Wildman–Crippen MR) is 99.4 cm³/mol. The van der Waals surface area contributed by atoms with Crippen LogP contribution in [0.25, 0.3) is 0 Å². The summed E-state index contributed by atoms with van der Waals surface area (Å²) in [6.07, 6.45) is 1.78. The fraction of sp³-hybridized carbons (Fsp3) is 0.462. The smallest absolute Gasteiger partial charge is 0.191 e. The maximum absolute atomic E-state index is 11.0. The van der Waals surface area contributed by atoms with Gasteiger partial charge < -0.3 is 10.6 Å². The van der Waals surface area contributed by atoms with Gasteiger partial charge in [-0.05, 0) is 18.1 Å². The molecule has 0 radical (unpaired) electrons. The van der Waals surface area contributed by atoms with Crippen LogP contribution in [0.5, 0.6) is 0 Å². The summed E-state index contributed by atoms with van der Waals surface area (Å²) in [4.78, 5) is 4.07. The van der Waals surface area contributed by atoms with Crippen molar-refractivity contribution in [2.75, 3.05) is 25.6 Å². The Balaban J connectivity index is 0.00000400. The Labute approximate surface area is 148 Å². The highest BCUT2D eigenvalue weighted by Gasteiger charge is 2.03. The lowest BCUT2D eigenvalue weighted by Crippen LogP contribution is -2.37. The van der Waals surface area contributed by atoms with Crippen molar-refractivity contribution in [1.82, 2.24) is 10.6 Å². The number of halogens is 2. The van der Waals surface area contributed by atoms with Crippen LogP contribution in [0.3, 0.4) is 0 Å². The van der Waals surface area contributed by atoms with E-state index in [0.717, 1.165) is 5.56 Å². The molecule has 0 heterocycles. The monoisotopic (exact) mass is 445 g/mol. The van der Waals surface area contributed by atoms with Crippen molar-refractivity contribution < 1.29 is 8.42 Å². The third kappa shape index (κ3) is 9.15. The molecular weight excluding hydrogens is 425 g/mol. The molecule has 2 N–H and O–H groups in total. The number of aliphatic imine (C=N–C) groups is 1. The summed E-state index contributed by atoms with van der Waals surface area (Å²) in [5, 5.41) is 6.89. The molecule has 0 amide bonds. The number of nitrogens with zero attached hydrogens (tertiary/aromatic N) is 1. The van der Waals surface area contributed by atoms with E-state index in [-0.39, 0.29) is 29.7 Å². The molecule has 5 nitrogen and oxygen atoms in total. The van der Waals surface area contributed by atoms with E-state index in [1.807, 2.05) is 24.3 Å². The quantitative estimate of drug-likeness (QED) is 0.304. The highest BCUT2D eigenvalue weighted by molar-refractivity contribution is 14.0. The fourth-order valence-electron chi connectivity index (χ4n) is 1.58. The van der Waals surface area contributed by atoms with E-state index in [0.29, 0.717) is 30.5 Å². The summed E-state index contributed by atoms with van der Waals surface area (Å²) >= 11 is 6.06. The molecule has 1 aromatic carbocycles. The fourth-order valence-corrected chi connectivity index (χ4v) is 2.45. The van der Waals surface area contributed by atoms with Crippen molar-refractivity contribution in [3.8, 4) is 0 Å². The topological polar surface area (TPSA) is 70.6 Å². The van der Waals surface area contributed by atoms with Crippen molar-refractivity contribution >= 4 is 51.4 Å². The molecule has 0 aromatic heterocycles. The van der Waals surface area contributed by atoms with Gasteiger partial charge in [0.1, 0.15) is 9.84 Å². The van der Waals surface area contributed by atoms with E-state index in [9.17, 15) is 8.42 Å². The molecule has 0 bridgehead atoms. The van der Waals surface area contributed by atoms with Gasteiger partial charge in [0.15, 0.2) is 5.96 Å². The molecule has 120 valence electrons. The molecule has 1 aromatic rings. The summed E-state index contributed by atoms with van der Waals surface area (Å²) in [5.74, 6) is 0.792. The molecule has 0 aliphatic heterocycles. The van der Waals surface area contributed by atoms with Crippen LogP contribution in [0.1, 0.15) is 12.0 Å². The molecule has 0 saturated carbocycles. The van der Waals surface area contributed by atoms with Crippen LogP contribution in [0.2, 0.25) is 5.02 Å². The van der Waals surface area contributed by atoms with Gasteiger partial charge in [0, 0.05) is 31.4 Å². The summed E-state index contributed by atoms with van der Waals surface area (Å²) in [6, 6.07) is 7.57. The standard InChI is InChI=1S/C13H20ClN3O2S.HI/c1-15-13(16-8-5-9-20(2,18)19)17-10-11-6-3-4-7-12(11)14;/h3-4,6-7H,5,8-10H2,1-2H3,(H2,15,16,17);1H. The molecule has 1 rings (SSSR count). The molecule has 0 saturated heterocycles. The average molecular weight is 446 g/mol. The summed E-state index contributed by atoms with van der Waals surface area (Å²) in [7, 11) is -1.24. The highest BCUT2D eigenvalue weighted by atomic mass is 127. The lowest BCUT2D eigenvalue weighted by atomic mass is 10.2. The molecule has 0 fully saturated rings. The first-order valence-corrected chi connectivity index (χ1v) is 8.72. The van der Waals surface area contributed by atoms with E-state index in [1.54, 1.807) is 7.05 Å². The number of benzene rings is 1. The number of hydrogen-bond donors (Lipinski definition) is 2. The maximum Gasteiger partial charge on any atom is 0.191 e. The second-order valence-electron chi connectivity index (χ2n) is 4.43. The second-order valence-corrected chi connectivity index (χ2v) is 7.09. The van der Waals surface area contributed by atoms with Gasteiger partial charge in [0.2, 0.25) is 0 Å². The molecule has 0 atom stereocenters. The first-order chi connectivity index (χ1) is 9.42. The highest BCUT2D eigenvalue weighted by Crippen LogP contribution is 2.14. The first-order valence-electron chi connectivity index (χ1n) is 6.28. The van der Waals surface area contributed by atoms with Crippen LogP contribution in [0.15, 0.2) is 29.3 Å². The van der Waals surface area contributed by atoms with E-state index in [2.05, 4.69) is 15.6 Å². The third-order valence-electron chi connectivity index (χ3n) is 2.61. The largest absolute Gasteiger partial charge is 0.356 e. The van der Waals surface area contributed by atoms with Gasteiger partial charge in [-0.3, -0.25) is 4.99 Å². The molecule has 8 heteroatoms. The van der Waals surface area contributed by atoms with Gasteiger partial charge in [-0.25, -0.2) is 8.42 Å². The van der Waals surface area contributed by atoms with Crippen LogP contribution in [0, 0.1) is 0 Å². The van der Waals surface area contributed by atoms with Gasteiger partial charge in [-0.1, -0.05) is 29.8 Å². The van der Waals surface area contributed by atoms with Crippen molar-refractivity contribution in [2.24, 2.45) is 4.99 Å². The Kier molecular flexibility index (Phi) is 9.97. The third-order valence-corrected chi connectivity index (χ3v) is 4.01. The lowest BCUT2D eigenvalue weighted by Gasteiger charge is -2.12. The minimum absolute atomic E-state index is 0. The summed E-state index contributed by atoms with van der Waals surface area (Å²) in [6.45, 7) is 1.11. The van der Waals surface area contributed by atoms with Gasteiger partial charge in [-0.2, -0.15) is 0 Å². The Hall–Kier alpha value is -0.540. The Morgan fingerprint density at radius 1 is 1.29 bits per heavy atom. The summed E-state index contributed by atoms with van der Waals surface area (Å²) < 4.78 is 22.0. The van der Waals surface area contributed by atoms with E-state index in [4.69, 9.17) is 11.6 Å². The minimum atomic E-state index is -2.91. The summed E-state index contributed by atoms with van der Waals surface area (Å²) in [5.41, 5.74) is 0.980. The number of hydrogen-bond acceptors (Lipinski definition) is 3. The van der Waals surface area contributed by atoms with Gasteiger partial charge in [0.05, 0.1) is 5.75 Å². The Morgan fingerprint density at radius 3 is 2.52 bits per heavy atom. The average Bonchev–Trinajstić information content (AvgIpc) is 2.38. The van der Waals surface area contributed by atoms with E-state index < -0.39 is 9.84 Å². The normalized spacial score (nSPS) is 11.7. The zero-order valence-corrected chi connectivity index (χ0v) is 16.0. The molecule has 0 spiro atoms. The van der Waals surface area contributed by atoms with Crippen molar-refractivity contribution in [2.45, 2.75) is 13.0 Å². The number of nitrogens with one attached hydrogen (secondary N) is 2. The Morgan fingerprint density at radius 2 is 1.95 bits per heavy atom. The zero-order valence-electron chi connectivity index (χ0n) is 12.1. The van der Waals surface area contributed by atoms with E-state index >= 15 is 0 Å². The predicted octanol–water partition coefficient (Wildman–Crippen LogP) is 2.06. The second kappa shape index (κ2) is 10.2. The van der Waals surface area contributed by atoms with Crippen molar-refractivity contribution in [3.05, 3.63) is 34.9 Å². The van der Waals surface area contributed by atoms with Gasteiger partial charge in [0.25, 0.3) is 0 Å². The Bertz CT molecular complexity index is 564. The van der Waals surface area contributed by atoms with E-state index in [1.165, 1.54) is 6.26 Å². The van der Waals surface area contributed by atoms with Crippen molar-refractivity contribution in [3.63, 3.8) is 0 Å². The van der Waals surface area contributed by atoms with Gasteiger partial charge >= 0.3 is 0 Å². The van der Waals surface area contributed by atoms with Crippen LogP contribution in [-0.4, -0.2) is 40.0 Å². The van der Waals surface area contributed by atoms with Crippen LogP contribution in [0.4, 0.5) is 0 Å². The lowest BCUT2D eigenvalue weighted by molar-refractivity contribution is 0.598. The van der Waals surface area contributed by atoms with Crippen molar-refractivity contribution in [1.29, 1.82) is 0 Å². The minimum Gasteiger partial charge on any atom is -0.356 e. The number of sulfone groups is 1. The maximum atomic E-state index is 11.0. The SMILES string of the molecule is CN=C(NCCCS(C)(=O)=O)NCc1ccccc1Cl.I. The molecule has 21 heavy (non-hydrogen) atoms. The first kappa shape index (κ1) is 20.5. The number of rotatable bonds is 6. The van der Waals surface area contributed by atoms with Crippen LogP contribution >= 0.6 is 35.6 Å². The number of guanidine groups is 1. The van der Waals surface area contributed by atoms with Crippen LogP contribution < -0.4 is 10.6 Å². The molecule has 0 aliphatic rings.